The molecule has 0 saturated carbocycles. The van der Waals surface area contributed by atoms with Crippen LogP contribution in [0.1, 0.15) is 98.3 Å². The van der Waals surface area contributed by atoms with E-state index in [1.807, 2.05) is 96.8 Å². The number of aromatic nitrogens is 4. The number of para-hydroxylation sites is 2. The number of imidazole rings is 1. The van der Waals surface area contributed by atoms with Crippen molar-refractivity contribution in [3.05, 3.63) is 196 Å². The van der Waals surface area contributed by atoms with Gasteiger partial charge in [-0.05, 0) is 40.4 Å². The van der Waals surface area contributed by atoms with Crippen molar-refractivity contribution in [2.45, 2.75) is 85.5 Å². The summed E-state index contributed by atoms with van der Waals surface area (Å²) in [6.07, 6.45) is 1.86. The van der Waals surface area contributed by atoms with Gasteiger partial charge in [0.1, 0.15) is 0 Å². The Hall–Kier alpha value is -6.55. The zero-order valence-corrected chi connectivity index (χ0v) is 42.2. The minimum atomic E-state index is -0.626. The Morgan fingerprint density at radius 2 is 1.22 bits per heavy atom. The number of nitrogens with zero attached hydrogens (tertiary/aromatic N) is 4. The first-order chi connectivity index (χ1) is 36.6. The van der Waals surface area contributed by atoms with Crippen molar-refractivity contribution in [1.82, 2.24) is 18.7 Å². The van der Waals surface area contributed by atoms with Gasteiger partial charge in [0.25, 0.3) is 0 Å². The van der Waals surface area contributed by atoms with Gasteiger partial charge < -0.3 is 0 Å². The second kappa shape index (κ2) is 15.8. The Bertz CT molecular complexity index is 4160. The van der Waals surface area contributed by atoms with Crippen LogP contribution in [0.5, 0.6) is 11.5 Å². The summed E-state index contributed by atoms with van der Waals surface area (Å²) < 4.78 is 103. The molecular weight excluding hydrogens is 1010 g/mol. The van der Waals surface area contributed by atoms with Crippen LogP contribution in [0.25, 0.3) is 72.3 Å². The predicted octanol–water partition coefficient (Wildman–Crippen LogP) is 16.3. The zero-order chi connectivity index (χ0) is 56.2. The maximum atomic E-state index is 9.33. The molecule has 0 spiro atoms. The SMILES string of the molecule is [2H]c1c([2H])c([2H])c(-c2cc(C(C)(C)C)cc(-c3c([2H])c([2H])c([2H])c([2H])c3[2H])c2-n2[c](=[Pt])n(-c3cccc(Oc4ccc5c6ccc7c(c6n(-c6cc(C)ccn6)c5c4)C(C)(C)C(C)(C)C7(C)C)c3)c3ccccc32)c([2H])c1[2H]. The quantitative estimate of drug-likeness (QED) is 0.159. The molecule has 3 heterocycles. The third kappa shape index (κ3) is 6.67. The van der Waals surface area contributed by atoms with E-state index in [4.69, 9.17) is 17.9 Å². The number of aryl methyl sites for hydroxylation is 1. The standard InChI is InChI=1S/C62H58N4O.Pt/c1-40-32-33-63-55(34-40)66-54-38-46(28-29-47(54)48-30-31-51-56(58(48)66)61(7,8)62(9,10)60(51,5)6)67-45-25-19-24-44(37-45)64-39-65(53-27-18-17-26-52(53)64)57-49(41-20-13-11-14-21-41)35-43(59(2,3)4)36-50(57)42-22-15-12-16-23-42;/h11-38H,1-10H3;/i11D,12D,13D,14D,15D,16D,20D,21D,22D,23D;. The third-order valence-corrected chi connectivity index (χ3v) is 16.2. The van der Waals surface area contributed by atoms with Gasteiger partial charge in [0.15, 0.2) is 0 Å². The van der Waals surface area contributed by atoms with Crippen molar-refractivity contribution < 1.29 is 37.8 Å². The molecule has 1 aliphatic rings. The summed E-state index contributed by atoms with van der Waals surface area (Å²) in [5.74, 6) is 1.98. The number of benzene rings is 7. The fourth-order valence-corrected chi connectivity index (χ4v) is 11.6. The third-order valence-electron chi connectivity index (χ3n) is 15.2. The first-order valence-corrected chi connectivity index (χ1v) is 24.1. The first kappa shape index (κ1) is 33.8. The molecule has 342 valence electrons. The van der Waals surface area contributed by atoms with Crippen LogP contribution in [0.15, 0.2) is 170 Å². The van der Waals surface area contributed by atoms with E-state index < -0.39 is 65.8 Å². The van der Waals surface area contributed by atoms with E-state index in [1.54, 1.807) is 12.1 Å². The molecule has 10 aromatic rings. The minimum absolute atomic E-state index is 0.0739. The van der Waals surface area contributed by atoms with E-state index in [-0.39, 0.29) is 44.2 Å². The normalized spacial score (nSPS) is 17.1. The fourth-order valence-electron chi connectivity index (χ4n) is 10.5. The molecule has 1 aliphatic carbocycles. The number of rotatable bonds is 7. The number of ether oxygens (including phenoxy) is 1. The van der Waals surface area contributed by atoms with Gasteiger partial charge in [-0.2, -0.15) is 0 Å². The maximum absolute atomic E-state index is 9.33. The van der Waals surface area contributed by atoms with Gasteiger partial charge in [0.2, 0.25) is 0 Å². The topological polar surface area (TPSA) is 36.9 Å². The Kier molecular flexibility index (Phi) is 7.84. The molecule has 0 fully saturated rings. The summed E-state index contributed by atoms with van der Waals surface area (Å²) in [6, 6.07) is 28.9. The van der Waals surface area contributed by atoms with Crippen LogP contribution in [0.4, 0.5) is 0 Å². The monoisotopic (exact) mass is 1080 g/mol. The summed E-state index contributed by atoms with van der Waals surface area (Å²) in [4.78, 5) is 4.97. The van der Waals surface area contributed by atoms with Crippen LogP contribution in [0, 0.1) is 16.1 Å². The molecule has 0 bridgehead atoms. The van der Waals surface area contributed by atoms with E-state index in [1.165, 1.54) is 11.1 Å². The molecule has 0 saturated heterocycles. The fraction of sp³-hybridized carbons (Fsp3) is 0.226. The Labute approximate surface area is 425 Å². The number of hydrogen-bond acceptors (Lipinski definition) is 2. The van der Waals surface area contributed by atoms with E-state index in [0.29, 0.717) is 32.1 Å². The van der Waals surface area contributed by atoms with Crippen molar-refractivity contribution in [2.75, 3.05) is 0 Å². The van der Waals surface area contributed by atoms with Crippen molar-refractivity contribution in [2.24, 2.45) is 5.41 Å². The number of fused-ring (bicyclic) bond motifs is 6. The molecule has 68 heavy (non-hydrogen) atoms. The van der Waals surface area contributed by atoms with E-state index >= 15 is 0 Å². The summed E-state index contributed by atoms with van der Waals surface area (Å²) in [5.41, 5.74) is 8.05. The van der Waals surface area contributed by atoms with Gasteiger partial charge in [-0.15, -0.1) is 0 Å². The molecule has 0 amide bonds. The summed E-state index contributed by atoms with van der Waals surface area (Å²) >= 11 is 2.21. The van der Waals surface area contributed by atoms with Crippen LogP contribution >= 0.6 is 0 Å². The summed E-state index contributed by atoms with van der Waals surface area (Å²) in [7, 11) is 0. The first-order valence-electron chi connectivity index (χ1n) is 28.0. The van der Waals surface area contributed by atoms with Crippen molar-refractivity contribution in [1.29, 1.82) is 0 Å². The molecule has 0 unspecified atom stereocenters. The van der Waals surface area contributed by atoms with E-state index in [9.17, 15) is 5.48 Å². The molecule has 6 heteroatoms. The average molecular weight is 1080 g/mol. The molecule has 3 aromatic heterocycles. The summed E-state index contributed by atoms with van der Waals surface area (Å²) in [6.45, 7) is 22.2. The van der Waals surface area contributed by atoms with Crippen LogP contribution < -0.4 is 4.74 Å². The van der Waals surface area contributed by atoms with Crippen molar-refractivity contribution >= 4 is 32.8 Å². The van der Waals surface area contributed by atoms with Crippen molar-refractivity contribution in [3.8, 4) is 50.9 Å². The van der Waals surface area contributed by atoms with Gasteiger partial charge in [-0.1, -0.05) is 47.6 Å². The van der Waals surface area contributed by atoms with Gasteiger partial charge in [0, 0.05) is 6.20 Å². The van der Waals surface area contributed by atoms with Crippen LogP contribution in [-0.4, -0.2) is 18.7 Å². The van der Waals surface area contributed by atoms with Gasteiger partial charge in [-0.25, -0.2) is 0 Å². The number of hydrogen-bond donors (Lipinski definition) is 0. The van der Waals surface area contributed by atoms with Crippen LogP contribution in [0.3, 0.4) is 0 Å². The Morgan fingerprint density at radius 1 is 0.603 bits per heavy atom. The number of pyridine rings is 1. The second-order valence-corrected chi connectivity index (χ2v) is 21.7. The van der Waals surface area contributed by atoms with Crippen molar-refractivity contribution in [3.63, 3.8) is 0 Å². The van der Waals surface area contributed by atoms with E-state index in [2.05, 4.69) is 103 Å². The Morgan fingerprint density at radius 3 is 1.85 bits per heavy atom. The molecule has 0 N–H and O–H groups in total. The van der Waals surface area contributed by atoms with E-state index in [0.717, 1.165) is 38.7 Å². The zero-order valence-electron chi connectivity index (χ0n) is 49.9. The summed E-state index contributed by atoms with van der Waals surface area (Å²) in [5, 5.41) is 2.22. The van der Waals surface area contributed by atoms with Gasteiger partial charge in [-0.3, -0.25) is 0 Å². The Balaban J connectivity index is 1.14. The second-order valence-electron chi connectivity index (χ2n) is 20.6. The molecule has 7 aromatic carbocycles. The molecule has 0 radical (unpaired) electrons. The van der Waals surface area contributed by atoms with Gasteiger partial charge >= 0.3 is 333 Å². The van der Waals surface area contributed by atoms with Crippen LogP contribution in [-0.2, 0) is 35.6 Å². The predicted molar refractivity (Wildman–Crippen MR) is 279 cm³/mol. The molecular formula is C62H58N4OPt. The van der Waals surface area contributed by atoms with Gasteiger partial charge in [0.05, 0.1) is 0 Å². The molecule has 11 rings (SSSR count). The molecule has 0 atom stereocenters. The average Bonchev–Trinajstić information content (AvgIpc) is 3.70. The molecule has 0 aliphatic heterocycles. The molecule has 5 nitrogen and oxygen atoms in total. The van der Waals surface area contributed by atoms with Crippen LogP contribution in [0.2, 0.25) is 0 Å².